The fourth-order valence-electron chi connectivity index (χ4n) is 1.97. The molecule has 100 valence electrons. The van der Waals surface area contributed by atoms with Crippen LogP contribution in [-0.2, 0) is 9.53 Å². The largest absolute Gasteiger partial charge is 0.461 e. The quantitative estimate of drug-likeness (QED) is 0.420. The number of carbonyl (C=O) groups excluding carboxylic acids is 1. The monoisotopic (exact) mass is 245 g/mol. The molecule has 0 aliphatic carbocycles. The van der Waals surface area contributed by atoms with Gasteiger partial charge in [0.1, 0.15) is 6.61 Å². The number of esters is 1. The molecule has 0 aliphatic heterocycles. The van der Waals surface area contributed by atoms with Crippen LogP contribution in [-0.4, -0.2) is 42.0 Å². The molecular formula is C12H23NO4. The van der Waals surface area contributed by atoms with Crippen LogP contribution in [0.15, 0.2) is 12.2 Å². The van der Waals surface area contributed by atoms with Crippen molar-refractivity contribution < 1.29 is 19.7 Å². The normalized spacial score (nSPS) is 13.2. The standard InChI is InChI=1S/C12H23NO4/c1-4-12(5-2,10(15)8-14)9(3)11(16)17-7-6-13/h10,14-15H,3-8,13H2,1-2H3. The number of nitrogens with two attached hydrogens (primary N) is 1. The number of aliphatic hydroxyl groups excluding tert-OH is 2. The van der Waals surface area contributed by atoms with Crippen molar-refractivity contribution in [2.75, 3.05) is 19.8 Å². The van der Waals surface area contributed by atoms with E-state index in [1.807, 2.05) is 13.8 Å². The van der Waals surface area contributed by atoms with Gasteiger partial charge in [-0.2, -0.15) is 0 Å². The lowest BCUT2D eigenvalue weighted by Crippen LogP contribution is -2.41. The van der Waals surface area contributed by atoms with Crippen molar-refractivity contribution in [2.45, 2.75) is 32.8 Å². The van der Waals surface area contributed by atoms with Crippen LogP contribution < -0.4 is 5.73 Å². The molecule has 4 N–H and O–H groups in total. The molecular weight excluding hydrogens is 222 g/mol. The molecule has 0 aliphatic rings. The summed E-state index contributed by atoms with van der Waals surface area (Å²) in [6.45, 7) is 7.33. The molecule has 17 heavy (non-hydrogen) atoms. The van der Waals surface area contributed by atoms with Gasteiger partial charge in [0.2, 0.25) is 0 Å². The van der Waals surface area contributed by atoms with Gasteiger partial charge in [-0.1, -0.05) is 20.4 Å². The van der Waals surface area contributed by atoms with Gasteiger partial charge in [-0.3, -0.25) is 0 Å². The average Bonchev–Trinajstić information content (AvgIpc) is 2.37. The smallest absolute Gasteiger partial charge is 0.334 e. The molecule has 5 nitrogen and oxygen atoms in total. The minimum atomic E-state index is -1.02. The number of hydrogen-bond acceptors (Lipinski definition) is 5. The molecule has 0 fully saturated rings. The zero-order chi connectivity index (χ0) is 13.5. The van der Waals surface area contributed by atoms with Gasteiger partial charge >= 0.3 is 5.97 Å². The molecule has 0 spiro atoms. The van der Waals surface area contributed by atoms with Crippen molar-refractivity contribution in [2.24, 2.45) is 11.1 Å². The lowest BCUT2D eigenvalue weighted by Gasteiger charge is -2.36. The van der Waals surface area contributed by atoms with Crippen LogP contribution in [0.4, 0.5) is 0 Å². The summed E-state index contributed by atoms with van der Waals surface area (Å²) in [5, 5.41) is 18.9. The van der Waals surface area contributed by atoms with E-state index in [9.17, 15) is 9.90 Å². The van der Waals surface area contributed by atoms with Crippen molar-refractivity contribution in [3.63, 3.8) is 0 Å². The Morgan fingerprint density at radius 3 is 2.35 bits per heavy atom. The third-order valence-corrected chi connectivity index (χ3v) is 3.27. The fourth-order valence-corrected chi connectivity index (χ4v) is 1.97. The summed E-state index contributed by atoms with van der Waals surface area (Å²) in [6.07, 6.45) is -0.0146. The Balaban J connectivity index is 4.93. The van der Waals surface area contributed by atoms with E-state index >= 15 is 0 Å². The zero-order valence-corrected chi connectivity index (χ0v) is 10.6. The molecule has 0 saturated carbocycles. The van der Waals surface area contributed by atoms with Crippen LogP contribution in [0.1, 0.15) is 26.7 Å². The highest BCUT2D eigenvalue weighted by Gasteiger charge is 2.40. The summed E-state index contributed by atoms with van der Waals surface area (Å²) in [7, 11) is 0. The van der Waals surface area contributed by atoms with Gasteiger partial charge in [0.25, 0.3) is 0 Å². The minimum Gasteiger partial charge on any atom is -0.461 e. The summed E-state index contributed by atoms with van der Waals surface area (Å²) in [5.74, 6) is -0.563. The van der Waals surface area contributed by atoms with Gasteiger partial charge in [0.15, 0.2) is 0 Å². The predicted molar refractivity (Wildman–Crippen MR) is 65.3 cm³/mol. The van der Waals surface area contributed by atoms with Gasteiger partial charge in [-0.05, 0) is 12.8 Å². The van der Waals surface area contributed by atoms with Crippen LogP contribution >= 0.6 is 0 Å². The second kappa shape index (κ2) is 7.42. The molecule has 1 unspecified atom stereocenters. The lowest BCUT2D eigenvalue weighted by molar-refractivity contribution is -0.141. The van der Waals surface area contributed by atoms with Crippen molar-refractivity contribution in [3.05, 3.63) is 12.2 Å². The number of aliphatic hydroxyl groups is 2. The third-order valence-electron chi connectivity index (χ3n) is 3.27. The van der Waals surface area contributed by atoms with E-state index < -0.39 is 24.1 Å². The Hall–Kier alpha value is -0.910. The second-order valence-corrected chi connectivity index (χ2v) is 3.96. The Labute approximate surface area is 102 Å². The highest BCUT2D eigenvalue weighted by Crippen LogP contribution is 2.38. The summed E-state index contributed by atoms with van der Waals surface area (Å²) >= 11 is 0. The molecule has 0 bridgehead atoms. The summed E-state index contributed by atoms with van der Waals surface area (Å²) in [5.41, 5.74) is 4.60. The van der Waals surface area contributed by atoms with Crippen LogP contribution in [0.25, 0.3) is 0 Å². The Morgan fingerprint density at radius 2 is 2.00 bits per heavy atom. The molecule has 0 radical (unpaired) electrons. The first-order valence-electron chi connectivity index (χ1n) is 5.85. The molecule has 5 heteroatoms. The maximum atomic E-state index is 11.7. The van der Waals surface area contributed by atoms with Gasteiger partial charge in [0.05, 0.1) is 12.7 Å². The lowest BCUT2D eigenvalue weighted by atomic mass is 9.71. The SMILES string of the molecule is C=C(C(=O)OCCN)C(CC)(CC)C(O)CO. The van der Waals surface area contributed by atoms with E-state index in [1.54, 1.807) is 0 Å². The first kappa shape index (κ1) is 16.1. The average molecular weight is 245 g/mol. The van der Waals surface area contributed by atoms with E-state index in [-0.39, 0.29) is 18.7 Å². The van der Waals surface area contributed by atoms with E-state index in [0.29, 0.717) is 12.8 Å². The number of carbonyl (C=O) groups is 1. The molecule has 0 aromatic carbocycles. The second-order valence-electron chi connectivity index (χ2n) is 3.96. The molecule has 0 amide bonds. The van der Waals surface area contributed by atoms with Crippen LogP contribution in [0.5, 0.6) is 0 Å². The van der Waals surface area contributed by atoms with Crippen molar-refractivity contribution in [1.29, 1.82) is 0 Å². The highest BCUT2D eigenvalue weighted by atomic mass is 16.5. The third kappa shape index (κ3) is 3.52. The van der Waals surface area contributed by atoms with E-state index in [1.165, 1.54) is 0 Å². The van der Waals surface area contributed by atoms with E-state index in [0.717, 1.165) is 0 Å². The highest BCUT2D eigenvalue weighted by molar-refractivity contribution is 5.89. The van der Waals surface area contributed by atoms with Crippen LogP contribution in [0, 0.1) is 5.41 Å². The van der Waals surface area contributed by atoms with Gasteiger partial charge < -0.3 is 20.7 Å². The number of rotatable bonds is 8. The van der Waals surface area contributed by atoms with Gasteiger partial charge in [-0.25, -0.2) is 4.79 Å². The topological polar surface area (TPSA) is 92.8 Å². The fraction of sp³-hybridized carbons (Fsp3) is 0.750. The first-order chi connectivity index (χ1) is 7.99. The zero-order valence-electron chi connectivity index (χ0n) is 10.6. The Morgan fingerprint density at radius 1 is 1.47 bits per heavy atom. The van der Waals surface area contributed by atoms with Crippen molar-refractivity contribution in [3.8, 4) is 0 Å². The Bertz CT molecular complexity index is 261. The molecule has 0 saturated heterocycles. The van der Waals surface area contributed by atoms with E-state index in [2.05, 4.69) is 6.58 Å². The minimum absolute atomic E-state index is 0.122. The molecule has 0 rings (SSSR count). The summed E-state index contributed by atoms with van der Waals surface area (Å²) in [6, 6.07) is 0. The van der Waals surface area contributed by atoms with Gasteiger partial charge in [-0.15, -0.1) is 0 Å². The summed E-state index contributed by atoms with van der Waals surface area (Å²) < 4.78 is 4.90. The van der Waals surface area contributed by atoms with E-state index in [4.69, 9.17) is 15.6 Å². The number of hydrogen-bond donors (Lipinski definition) is 3. The van der Waals surface area contributed by atoms with Crippen molar-refractivity contribution in [1.82, 2.24) is 0 Å². The molecule has 1 atom stereocenters. The predicted octanol–water partition coefficient (Wildman–Crippen LogP) is 0.204. The maximum absolute atomic E-state index is 11.7. The maximum Gasteiger partial charge on any atom is 0.334 e. The van der Waals surface area contributed by atoms with Crippen molar-refractivity contribution >= 4 is 5.97 Å². The molecule has 0 aromatic rings. The van der Waals surface area contributed by atoms with Crippen LogP contribution in [0.2, 0.25) is 0 Å². The number of ether oxygens (including phenoxy) is 1. The Kier molecular flexibility index (Phi) is 7.03. The molecule has 0 heterocycles. The van der Waals surface area contributed by atoms with Crippen LogP contribution in [0.3, 0.4) is 0 Å². The first-order valence-corrected chi connectivity index (χ1v) is 5.85. The van der Waals surface area contributed by atoms with Gasteiger partial charge in [0, 0.05) is 17.5 Å². The molecule has 0 aromatic heterocycles. The summed E-state index contributed by atoms with van der Waals surface area (Å²) in [4.78, 5) is 11.7.